The van der Waals surface area contributed by atoms with E-state index in [0.29, 0.717) is 11.6 Å². The van der Waals surface area contributed by atoms with Crippen LogP contribution < -0.4 is 16.0 Å². The summed E-state index contributed by atoms with van der Waals surface area (Å²) in [6, 6.07) is 17.4. The second-order valence-electron chi connectivity index (χ2n) is 8.17. The maximum absolute atomic E-state index is 13.3. The molecule has 3 N–H and O–H groups in total. The summed E-state index contributed by atoms with van der Waals surface area (Å²) in [6.07, 6.45) is -0.294. The predicted molar refractivity (Wildman–Crippen MR) is 121 cm³/mol. The molecule has 0 radical (unpaired) electrons. The number of rotatable bonds is 6. The molecule has 3 aromatic rings. The van der Waals surface area contributed by atoms with Gasteiger partial charge in [-0.2, -0.15) is 0 Å². The zero-order valence-corrected chi connectivity index (χ0v) is 18.3. The lowest BCUT2D eigenvalue weighted by Gasteiger charge is -2.33. The summed E-state index contributed by atoms with van der Waals surface area (Å²) in [7, 11) is 0. The Balaban J connectivity index is 1.45. The van der Waals surface area contributed by atoms with Crippen molar-refractivity contribution >= 4 is 17.7 Å². The first-order chi connectivity index (χ1) is 16.3. The molecule has 4 rings (SSSR count). The van der Waals surface area contributed by atoms with Gasteiger partial charge in [0.1, 0.15) is 23.7 Å². The van der Waals surface area contributed by atoms with Gasteiger partial charge in [-0.1, -0.05) is 54.6 Å². The summed E-state index contributed by atoms with van der Waals surface area (Å²) in [6.45, 7) is 1.47. The lowest BCUT2D eigenvalue weighted by atomic mass is 9.87. The minimum absolute atomic E-state index is 0.148. The first-order valence-corrected chi connectivity index (χ1v) is 10.8. The summed E-state index contributed by atoms with van der Waals surface area (Å²) in [5.74, 6) is -3.08. The van der Waals surface area contributed by atoms with E-state index in [-0.39, 0.29) is 23.9 Å². The third-order valence-electron chi connectivity index (χ3n) is 5.64. The highest BCUT2D eigenvalue weighted by Gasteiger charge is 2.35. The molecule has 3 aromatic carbocycles. The largest absolute Gasteiger partial charge is 0.344 e. The SMILES string of the molecule is C[C@H](NC(=O)Cc1cc(F)cc(F)c1)C(=O)N[C@H]1C(=O)N[C@H](c2ccccc2)c2ccccc21. The van der Waals surface area contributed by atoms with Crippen molar-refractivity contribution in [2.75, 3.05) is 0 Å². The van der Waals surface area contributed by atoms with Crippen molar-refractivity contribution in [3.63, 3.8) is 0 Å². The van der Waals surface area contributed by atoms with Crippen LogP contribution in [0.4, 0.5) is 8.78 Å². The van der Waals surface area contributed by atoms with E-state index in [1.807, 2.05) is 42.5 Å². The van der Waals surface area contributed by atoms with Gasteiger partial charge in [0.2, 0.25) is 17.7 Å². The fraction of sp³-hybridized carbons (Fsp3) is 0.192. The van der Waals surface area contributed by atoms with E-state index in [0.717, 1.165) is 23.3 Å². The van der Waals surface area contributed by atoms with Crippen molar-refractivity contribution in [3.8, 4) is 0 Å². The van der Waals surface area contributed by atoms with Gasteiger partial charge in [0.25, 0.3) is 0 Å². The van der Waals surface area contributed by atoms with Gasteiger partial charge in [-0.25, -0.2) is 8.78 Å². The first-order valence-electron chi connectivity index (χ1n) is 10.8. The Kier molecular flexibility index (Phi) is 6.67. The monoisotopic (exact) mass is 463 g/mol. The lowest BCUT2D eigenvalue weighted by molar-refractivity contribution is -0.132. The number of carbonyl (C=O) groups is 3. The molecule has 3 amide bonds. The van der Waals surface area contributed by atoms with E-state index in [4.69, 9.17) is 0 Å². The zero-order valence-electron chi connectivity index (χ0n) is 18.3. The van der Waals surface area contributed by atoms with Gasteiger partial charge in [0.05, 0.1) is 12.5 Å². The van der Waals surface area contributed by atoms with E-state index in [1.165, 1.54) is 6.92 Å². The Morgan fingerprint density at radius 3 is 2.24 bits per heavy atom. The van der Waals surface area contributed by atoms with E-state index in [2.05, 4.69) is 16.0 Å². The number of halogens is 2. The normalized spacial score (nSPS) is 17.8. The summed E-state index contributed by atoms with van der Waals surface area (Å²) < 4.78 is 26.7. The van der Waals surface area contributed by atoms with Crippen LogP contribution in [0.25, 0.3) is 0 Å². The van der Waals surface area contributed by atoms with Crippen molar-refractivity contribution < 1.29 is 23.2 Å². The van der Waals surface area contributed by atoms with Crippen LogP contribution in [-0.2, 0) is 20.8 Å². The molecular weight excluding hydrogens is 440 g/mol. The van der Waals surface area contributed by atoms with Crippen LogP contribution in [0.5, 0.6) is 0 Å². The number of nitrogens with one attached hydrogen (secondary N) is 3. The quantitative estimate of drug-likeness (QED) is 0.525. The maximum atomic E-state index is 13.3. The van der Waals surface area contributed by atoms with Crippen molar-refractivity contribution in [1.82, 2.24) is 16.0 Å². The topological polar surface area (TPSA) is 87.3 Å². The van der Waals surface area contributed by atoms with Crippen molar-refractivity contribution in [2.24, 2.45) is 0 Å². The van der Waals surface area contributed by atoms with Crippen LogP contribution in [0.15, 0.2) is 72.8 Å². The summed E-state index contributed by atoms with van der Waals surface area (Å²) in [5, 5.41) is 8.16. The van der Waals surface area contributed by atoms with Gasteiger partial charge in [-0.15, -0.1) is 0 Å². The fourth-order valence-corrected chi connectivity index (χ4v) is 4.06. The number of hydrogen-bond acceptors (Lipinski definition) is 3. The average Bonchev–Trinajstić information content (AvgIpc) is 2.80. The second kappa shape index (κ2) is 9.82. The minimum Gasteiger partial charge on any atom is -0.344 e. The number of hydrogen-bond donors (Lipinski definition) is 3. The molecule has 3 atom stereocenters. The minimum atomic E-state index is -0.974. The van der Waals surface area contributed by atoms with E-state index < -0.39 is 35.5 Å². The fourth-order valence-electron chi connectivity index (χ4n) is 4.06. The third-order valence-corrected chi connectivity index (χ3v) is 5.64. The van der Waals surface area contributed by atoms with Gasteiger partial charge in [-0.3, -0.25) is 14.4 Å². The molecule has 1 aliphatic rings. The van der Waals surface area contributed by atoms with Crippen LogP contribution >= 0.6 is 0 Å². The third kappa shape index (κ3) is 5.11. The highest BCUT2D eigenvalue weighted by Crippen LogP contribution is 2.33. The van der Waals surface area contributed by atoms with Crippen LogP contribution in [-0.4, -0.2) is 23.8 Å². The smallest absolute Gasteiger partial charge is 0.247 e. The summed E-state index contributed by atoms with van der Waals surface area (Å²) >= 11 is 0. The number of carbonyl (C=O) groups excluding carboxylic acids is 3. The van der Waals surface area contributed by atoms with Gasteiger partial charge >= 0.3 is 0 Å². The molecule has 0 bridgehead atoms. The maximum Gasteiger partial charge on any atom is 0.247 e. The molecule has 0 spiro atoms. The van der Waals surface area contributed by atoms with Crippen LogP contribution in [0, 0.1) is 11.6 Å². The molecule has 6 nitrogen and oxygen atoms in total. The molecule has 0 saturated carbocycles. The predicted octanol–water partition coefficient (Wildman–Crippen LogP) is 3.09. The van der Waals surface area contributed by atoms with Crippen LogP contribution in [0.3, 0.4) is 0 Å². The molecule has 34 heavy (non-hydrogen) atoms. The molecule has 1 heterocycles. The standard InChI is InChI=1S/C26H23F2N3O3/c1-15(29-22(32)13-16-11-18(27)14-19(28)12-16)25(33)31-24-21-10-6-5-9-20(21)23(30-26(24)34)17-7-3-2-4-8-17/h2-12,14-15,23-24H,13H2,1H3,(H,29,32)(H,30,34)(H,31,33)/t15-,23+,24+/m0/s1. The average molecular weight is 463 g/mol. The van der Waals surface area contributed by atoms with Crippen LogP contribution in [0.2, 0.25) is 0 Å². The zero-order chi connectivity index (χ0) is 24.2. The molecule has 8 heteroatoms. The van der Waals surface area contributed by atoms with Crippen LogP contribution in [0.1, 0.15) is 41.3 Å². The van der Waals surface area contributed by atoms with Gasteiger partial charge in [0, 0.05) is 6.07 Å². The molecule has 174 valence electrons. The first kappa shape index (κ1) is 23.1. The molecule has 0 unspecified atom stereocenters. The van der Waals surface area contributed by atoms with Gasteiger partial charge in [0.15, 0.2) is 0 Å². The molecule has 0 saturated heterocycles. The Bertz CT molecular complexity index is 1210. The van der Waals surface area contributed by atoms with Gasteiger partial charge in [-0.05, 0) is 41.3 Å². The molecule has 1 aliphatic heterocycles. The lowest BCUT2D eigenvalue weighted by Crippen LogP contribution is -2.51. The Morgan fingerprint density at radius 1 is 0.941 bits per heavy atom. The highest BCUT2D eigenvalue weighted by molar-refractivity contribution is 5.94. The Morgan fingerprint density at radius 2 is 1.56 bits per heavy atom. The highest BCUT2D eigenvalue weighted by atomic mass is 19.1. The number of amides is 3. The second-order valence-corrected chi connectivity index (χ2v) is 8.17. The van der Waals surface area contributed by atoms with E-state index in [9.17, 15) is 23.2 Å². The van der Waals surface area contributed by atoms with Gasteiger partial charge < -0.3 is 16.0 Å². The molecule has 0 aliphatic carbocycles. The Labute approximate surface area is 195 Å². The molecule has 0 aromatic heterocycles. The number of fused-ring (bicyclic) bond motifs is 1. The van der Waals surface area contributed by atoms with E-state index >= 15 is 0 Å². The number of benzene rings is 3. The molecule has 0 fully saturated rings. The summed E-state index contributed by atoms with van der Waals surface area (Å²) in [5.41, 5.74) is 2.60. The summed E-state index contributed by atoms with van der Waals surface area (Å²) in [4.78, 5) is 38.0. The van der Waals surface area contributed by atoms with Crippen molar-refractivity contribution in [2.45, 2.75) is 31.5 Å². The van der Waals surface area contributed by atoms with Crippen molar-refractivity contribution in [3.05, 3.63) is 107 Å². The van der Waals surface area contributed by atoms with E-state index in [1.54, 1.807) is 12.1 Å². The Hall–Kier alpha value is -4.07. The van der Waals surface area contributed by atoms with Crippen molar-refractivity contribution in [1.29, 1.82) is 0 Å². The molecular formula is C26H23F2N3O3.